The van der Waals surface area contributed by atoms with E-state index < -0.39 is 4.92 Å². The highest BCUT2D eigenvalue weighted by molar-refractivity contribution is 8.18. The Morgan fingerprint density at radius 1 is 1.24 bits per heavy atom. The van der Waals surface area contributed by atoms with Crippen LogP contribution in [-0.2, 0) is 4.79 Å². The molecule has 0 atom stereocenters. The summed E-state index contributed by atoms with van der Waals surface area (Å²) >= 11 is 1.17. The summed E-state index contributed by atoms with van der Waals surface area (Å²) in [5.41, 5.74) is 1.06. The molecule has 8 heteroatoms. The Balaban J connectivity index is 1.91. The summed E-state index contributed by atoms with van der Waals surface area (Å²) in [7, 11) is 1.60. The first-order valence-corrected chi connectivity index (χ1v) is 8.05. The van der Waals surface area contributed by atoms with Gasteiger partial charge in [-0.05, 0) is 35.5 Å². The summed E-state index contributed by atoms with van der Waals surface area (Å²) in [6, 6.07) is 12.5. The molecule has 1 N–H and O–H groups in total. The van der Waals surface area contributed by atoms with Gasteiger partial charge < -0.3 is 5.11 Å². The zero-order valence-corrected chi connectivity index (χ0v) is 13.9. The fraction of sp³-hybridized carbons (Fsp3) is 0.0588. The van der Waals surface area contributed by atoms with Crippen LogP contribution in [-0.4, -0.2) is 33.1 Å². The SMILES string of the molecule is CN1C(=O)/C(=C/c2cccc([N+](=O)[O-])c2)SC1=Nc1cccc(O)c1. The van der Waals surface area contributed by atoms with E-state index >= 15 is 0 Å². The summed E-state index contributed by atoms with van der Waals surface area (Å²) in [5, 5.41) is 20.8. The van der Waals surface area contributed by atoms with Crippen molar-refractivity contribution < 1.29 is 14.8 Å². The van der Waals surface area contributed by atoms with E-state index in [2.05, 4.69) is 4.99 Å². The Bertz CT molecular complexity index is 924. The largest absolute Gasteiger partial charge is 0.508 e. The van der Waals surface area contributed by atoms with Gasteiger partial charge in [-0.15, -0.1) is 0 Å². The zero-order valence-electron chi connectivity index (χ0n) is 13.1. The first-order valence-electron chi connectivity index (χ1n) is 7.24. The van der Waals surface area contributed by atoms with Crippen molar-refractivity contribution in [3.63, 3.8) is 0 Å². The van der Waals surface area contributed by atoms with Gasteiger partial charge in [0.1, 0.15) is 5.75 Å². The lowest BCUT2D eigenvalue weighted by Gasteiger charge is -2.07. The van der Waals surface area contributed by atoms with Crippen molar-refractivity contribution >= 4 is 40.3 Å². The Labute approximate surface area is 147 Å². The Hall–Kier alpha value is -3.13. The normalized spacial score (nSPS) is 17.5. The standard InChI is InChI=1S/C17H13N3O4S/c1-19-16(22)15(9-11-4-2-6-13(8-11)20(23)24)25-17(19)18-12-5-3-7-14(21)10-12/h2-10,21H,1H3/b15-9-,18-17?. The maximum atomic E-state index is 12.4. The minimum Gasteiger partial charge on any atom is -0.508 e. The van der Waals surface area contributed by atoms with Crippen molar-refractivity contribution in [1.29, 1.82) is 0 Å². The van der Waals surface area contributed by atoms with Crippen LogP contribution in [0.5, 0.6) is 5.75 Å². The number of nitro groups is 1. The molecule has 7 nitrogen and oxygen atoms in total. The van der Waals surface area contributed by atoms with Crippen molar-refractivity contribution in [2.24, 2.45) is 4.99 Å². The maximum Gasteiger partial charge on any atom is 0.270 e. The van der Waals surface area contributed by atoms with Crippen LogP contribution in [0.2, 0.25) is 0 Å². The van der Waals surface area contributed by atoms with Crippen LogP contribution < -0.4 is 0 Å². The molecule has 0 unspecified atom stereocenters. The molecule has 1 aliphatic heterocycles. The van der Waals surface area contributed by atoms with Gasteiger partial charge in [-0.1, -0.05) is 18.2 Å². The molecule has 0 spiro atoms. The molecule has 3 rings (SSSR count). The molecule has 1 saturated heterocycles. The highest BCUT2D eigenvalue weighted by Crippen LogP contribution is 2.33. The van der Waals surface area contributed by atoms with Gasteiger partial charge in [-0.2, -0.15) is 0 Å². The molecule has 0 aliphatic carbocycles. The van der Waals surface area contributed by atoms with Gasteiger partial charge in [-0.3, -0.25) is 19.8 Å². The number of thioether (sulfide) groups is 1. The number of carbonyl (C=O) groups is 1. The van der Waals surface area contributed by atoms with Crippen LogP contribution in [0.3, 0.4) is 0 Å². The third kappa shape index (κ3) is 3.69. The van der Waals surface area contributed by atoms with Crippen molar-refractivity contribution in [3.8, 4) is 5.75 Å². The van der Waals surface area contributed by atoms with Crippen LogP contribution in [0, 0.1) is 10.1 Å². The molecular formula is C17H13N3O4S. The van der Waals surface area contributed by atoms with Crippen LogP contribution in [0.1, 0.15) is 5.56 Å². The number of amides is 1. The van der Waals surface area contributed by atoms with E-state index in [4.69, 9.17) is 0 Å². The average Bonchev–Trinajstić information content (AvgIpc) is 2.83. The molecule has 126 valence electrons. The fourth-order valence-electron chi connectivity index (χ4n) is 2.20. The number of aromatic hydroxyl groups is 1. The van der Waals surface area contributed by atoms with Crippen molar-refractivity contribution in [2.75, 3.05) is 7.05 Å². The second-order valence-corrected chi connectivity index (χ2v) is 6.25. The van der Waals surface area contributed by atoms with Gasteiger partial charge >= 0.3 is 0 Å². The predicted molar refractivity (Wildman–Crippen MR) is 96.6 cm³/mol. The van der Waals surface area contributed by atoms with E-state index in [0.717, 1.165) is 0 Å². The summed E-state index contributed by atoms with van der Waals surface area (Å²) in [5.74, 6) is -0.151. The molecule has 25 heavy (non-hydrogen) atoms. The smallest absolute Gasteiger partial charge is 0.270 e. The fourth-order valence-corrected chi connectivity index (χ4v) is 3.19. The number of benzene rings is 2. The van der Waals surface area contributed by atoms with E-state index in [1.807, 2.05) is 0 Å². The van der Waals surface area contributed by atoms with Gasteiger partial charge in [0, 0.05) is 25.2 Å². The van der Waals surface area contributed by atoms with E-state index in [9.17, 15) is 20.0 Å². The topological polar surface area (TPSA) is 96.0 Å². The van der Waals surface area contributed by atoms with Gasteiger partial charge in [0.05, 0.1) is 15.5 Å². The number of phenols is 1. The quantitative estimate of drug-likeness (QED) is 0.516. The number of carbonyl (C=O) groups excluding carboxylic acids is 1. The minimum absolute atomic E-state index is 0.0354. The van der Waals surface area contributed by atoms with E-state index in [1.165, 1.54) is 40.9 Å². The second-order valence-electron chi connectivity index (χ2n) is 5.24. The first-order chi connectivity index (χ1) is 11.9. The number of nitro benzene ring substituents is 1. The Morgan fingerprint density at radius 3 is 2.72 bits per heavy atom. The summed E-state index contributed by atoms with van der Waals surface area (Å²) < 4.78 is 0. The Morgan fingerprint density at radius 2 is 2.00 bits per heavy atom. The molecule has 0 aromatic heterocycles. The molecule has 1 heterocycles. The number of rotatable bonds is 3. The number of hydrogen-bond acceptors (Lipinski definition) is 6. The molecule has 0 bridgehead atoms. The van der Waals surface area contributed by atoms with Gasteiger partial charge in [0.2, 0.25) is 0 Å². The van der Waals surface area contributed by atoms with Gasteiger partial charge in [0.15, 0.2) is 5.17 Å². The number of likely N-dealkylation sites (N-methyl/N-ethyl adjacent to an activating group) is 1. The molecule has 0 saturated carbocycles. The number of aliphatic imine (C=N–C) groups is 1. The number of non-ortho nitro benzene ring substituents is 1. The highest BCUT2D eigenvalue weighted by Gasteiger charge is 2.30. The predicted octanol–water partition coefficient (Wildman–Crippen LogP) is 3.53. The zero-order chi connectivity index (χ0) is 18.0. The second kappa shape index (κ2) is 6.78. The first kappa shape index (κ1) is 16.7. The Kier molecular flexibility index (Phi) is 4.53. The molecule has 2 aromatic carbocycles. The van der Waals surface area contributed by atoms with Crippen LogP contribution in [0.15, 0.2) is 58.4 Å². The van der Waals surface area contributed by atoms with Gasteiger partial charge in [-0.25, -0.2) is 4.99 Å². The monoisotopic (exact) mass is 355 g/mol. The molecule has 1 amide bonds. The number of amidine groups is 1. The molecule has 1 fully saturated rings. The van der Waals surface area contributed by atoms with Crippen molar-refractivity contribution in [2.45, 2.75) is 0 Å². The lowest BCUT2D eigenvalue weighted by Crippen LogP contribution is -2.23. The third-order valence-corrected chi connectivity index (χ3v) is 4.50. The van der Waals surface area contributed by atoms with E-state index in [-0.39, 0.29) is 17.3 Å². The van der Waals surface area contributed by atoms with Crippen LogP contribution >= 0.6 is 11.8 Å². The van der Waals surface area contributed by atoms with E-state index in [1.54, 1.807) is 37.4 Å². The van der Waals surface area contributed by atoms with Crippen LogP contribution in [0.4, 0.5) is 11.4 Å². The van der Waals surface area contributed by atoms with Crippen molar-refractivity contribution in [1.82, 2.24) is 4.90 Å². The molecule has 0 radical (unpaired) electrons. The summed E-state index contributed by atoms with van der Waals surface area (Å²) in [6.07, 6.45) is 1.60. The molecule has 2 aromatic rings. The molecular weight excluding hydrogens is 342 g/mol. The lowest BCUT2D eigenvalue weighted by atomic mass is 10.2. The van der Waals surface area contributed by atoms with Gasteiger partial charge in [0.25, 0.3) is 11.6 Å². The summed E-state index contributed by atoms with van der Waals surface area (Å²) in [6.45, 7) is 0. The van der Waals surface area contributed by atoms with Crippen molar-refractivity contribution in [3.05, 3.63) is 69.1 Å². The van der Waals surface area contributed by atoms with E-state index in [0.29, 0.717) is 21.3 Å². The average molecular weight is 355 g/mol. The molecule has 1 aliphatic rings. The number of nitrogens with zero attached hydrogens (tertiary/aromatic N) is 3. The lowest BCUT2D eigenvalue weighted by molar-refractivity contribution is -0.384. The maximum absolute atomic E-state index is 12.4. The minimum atomic E-state index is -0.480. The highest BCUT2D eigenvalue weighted by atomic mass is 32.2. The summed E-state index contributed by atoms with van der Waals surface area (Å²) in [4.78, 5) is 28.9. The van der Waals surface area contributed by atoms with Crippen LogP contribution in [0.25, 0.3) is 6.08 Å². The number of hydrogen-bond donors (Lipinski definition) is 1. The third-order valence-electron chi connectivity index (χ3n) is 3.44. The number of phenolic OH excluding ortho intramolecular Hbond substituents is 1.